The number of hydrogen-bond donors (Lipinski definition) is 2. The third-order valence-electron chi connectivity index (χ3n) is 3.68. The zero-order chi connectivity index (χ0) is 11.4. The predicted octanol–water partition coefficient (Wildman–Crippen LogP) is 0.196. The van der Waals surface area contributed by atoms with Crippen LogP contribution in [0.5, 0.6) is 0 Å². The summed E-state index contributed by atoms with van der Waals surface area (Å²) in [6, 6.07) is 0.0629. The van der Waals surface area contributed by atoms with E-state index in [1.54, 1.807) is 0 Å². The fraction of sp³-hybridized carbons (Fsp3) is 0.917. The van der Waals surface area contributed by atoms with Crippen molar-refractivity contribution in [1.82, 2.24) is 15.5 Å². The van der Waals surface area contributed by atoms with Crippen LogP contribution in [0.15, 0.2) is 0 Å². The summed E-state index contributed by atoms with van der Waals surface area (Å²) in [6.07, 6.45) is 4.60. The molecule has 0 aromatic rings. The second kappa shape index (κ2) is 5.64. The molecule has 4 nitrogen and oxygen atoms in total. The highest BCUT2D eigenvalue weighted by Gasteiger charge is 2.23. The van der Waals surface area contributed by atoms with Crippen molar-refractivity contribution in [2.75, 3.05) is 33.2 Å². The number of hydrogen-bond acceptors (Lipinski definition) is 3. The van der Waals surface area contributed by atoms with Gasteiger partial charge in [0.05, 0.1) is 6.04 Å². The minimum absolute atomic E-state index is 0.0629. The molecule has 0 spiro atoms. The summed E-state index contributed by atoms with van der Waals surface area (Å²) in [6.45, 7) is 4.13. The molecule has 0 radical (unpaired) electrons. The van der Waals surface area contributed by atoms with E-state index in [9.17, 15) is 4.79 Å². The lowest BCUT2D eigenvalue weighted by Crippen LogP contribution is -2.47. The van der Waals surface area contributed by atoms with Crippen LogP contribution in [-0.4, -0.2) is 50.1 Å². The molecule has 0 aliphatic carbocycles. The molecule has 2 N–H and O–H groups in total. The van der Waals surface area contributed by atoms with Gasteiger partial charge in [-0.2, -0.15) is 0 Å². The first-order chi connectivity index (χ1) is 7.75. The maximum absolute atomic E-state index is 11.8. The van der Waals surface area contributed by atoms with Gasteiger partial charge in [0, 0.05) is 13.1 Å². The quantitative estimate of drug-likeness (QED) is 0.721. The molecular formula is C12H23N3O. The topological polar surface area (TPSA) is 44.4 Å². The summed E-state index contributed by atoms with van der Waals surface area (Å²) in [5.41, 5.74) is 0. The number of nitrogens with zero attached hydrogens (tertiary/aromatic N) is 1. The smallest absolute Gasteiger partial charge is 0.237 e. The van der Waals surface area contributed by atoms with Gasteiger partial charge < -0.3 is 15.5 Å². The minimum atomic E-state index is 0.0629. The van der Waals surface area contributed by atoms with E-state index < -0.39 is 0 Å². The lowest BCUT2D eigenvalue weighted by Gasteiger charge is -2.23. The summed E-state index contributed by atoms with van der Waals surface area (Å²) < 4.78 is 0. The summed E-state index contributed by atoms with van der Waals surface area (Å²) in [5, 5.41) is 6.37. The highest BCUT2D eigenvalue weighted by Crippen LogP contribution is 2.13. The molecule has 0 saturated carbocycles. The van der Waals surface area contributed by atoms with E-state index in [-0.39, 0.29) is 11.9 Å². The van der Waals surface area contributed by atoms with Gasteiger partial charge in [0.2, 0.25) is 5.91 Å². The van der Waals surface area contributed by atoms with Gasteiger partial charge in [-0.05, 0) is 45.3 Å². The van der Waals surface area contributed by atoms with Crippen LogP contribution < -0.4 is 10.6 Å². The van der Waals surface area contributed by atoms with Crippen LogP contribution in [0, 0.1) is 5.92 Å². The van der Waals surface area contributed by atoms with Crippen molar-refractivity contribution in [3.63, 3.8) is 0 Å². The first-order valence-corrected chi connectivity index (χ1v) is 6.45. The van der Waals surface area contributed by atoms with Gasteiger partial charge in [-0.3, -0.25) is 4.79 Å². The Labute approximate surface area is 97.8 Å². The maximum atomic E-state index is 11.8. The monoisotopic (exact) mass is 225 g/mol. The summed E-state index contributed by atoms with van der Waals surface area (Å²) in [7, 11) is 2.14. The molecule has 1 unspecified atom stereocenters. The van der Waals surface area contributed by atoms with E-state index in [0.29, 0.717) is 5.92 Å². The summed E-state index contributed by atoms with van der Waals surface area (Å²) >= 11 is 0. The van der Waals surface area contributed by atoms with Crippen LogP contribution >= 0.6 is 0 Å². The van der Waals surface area contributed by atoms with E-state index in [0.717, 1.165) is 26.1 Å². The number of piperidine rings is 1. The Hall–Kier alpha value is -0.610. The van der Waals surface area contributed by atoms with E-state index in [1.165, 1.54) is 25.8 Å². The second-order valence-corrected chi connectivity index (χ2v) is 5.16. The van der Waals surface area contributed by atoms with Crippen molar-refractivity contribution in [3.8, 4) is 0 Å². The second-order valence-electron chi connectivity index (χ2n) is 5.16. The Balaban J connectivity index is 1.66. The van der Waals surface area contributed by atoms with Crippen molar-refractivity contribution in [3.05, 3.63) is 0 Å². The summed E-state index contributed by atoms with van der Waals surface area (Å²) in [5.74, 6) is 0.854. The number of amides is 1. The highest BCUT2D eigenvalue weighted by atomic mass is 16.2. The molecule has 2 saturated heterocycles. The predicted molar refractivity (Wildman–Crippen MR) is 64.3 cm³/mol. The van der Waals surface area contributed by atoms with E-state index in [1.807, 2.05) is 0 Å². The van der Waals surface area contributed by atoms with Crippen LogP contribution in [0.25, 0.3) is 0 Å². The Morgan fingerprint density at radius 3 is 2.94 bits per heavy atom. The normalized spacial score (nSPS) is 31.6. The molecule has 2 aliphatic rings. The fourth-order valence-electron chi connectivity index (χ4n) is 2.64. The average molecular weight is 225 g/mol. The Morgan fingerprint density at radius 2 is 2.31 bits per heavy atom. The Kier molecular flexibility index (Phi) is 4.18. The molecule has 2 heterocycles. The molecule has 2 aliphatic heterocycles. The molecular weight excluding hydrogens is 202 g/mol. The molecule has 2 rings (SSSR count). The van der Waals surface area contributed by atoms with Gasteiger partial charge in [0.15, 0.2) is 0 Å². The molecule has 0 aromatic carbocycles. The van der Waals surface area contributed by atoms with Gasteiger partial charge in [-0.25, -0.2) is 0 Å². The van der Waals surface area contributed by atoms with Crippen molar-refractivity contribution in [1.29, 1.82) is 0 Å². The van der Waals surface area contributed by atoms with Gasteiger partial charge in [0.1, 0.15) is 0 Å². The van der Waals surface area contributed by atoms with Crippen molar-refractivity contribution in [2.45, 2.75) is 31.7 Å². The number of likely N-dealkylation sites (tertiary alicyclic amines) is 1. The Bertz CT molecular complexity index is 238. The average Bonchev–Trinajstić information content (AvgIpc) is 2.73. The molecule has 0 aromatic heterocycles. The van der Waals surface area contributed by atoms with Crippen LogP contribution in [0.2, 0.25) is 0 Å². The number of nitrogens with one attached hydrogen (secondary N) is 2. The highest BCUT2D eigenvalue weighted by molar-refractivity contribution is 5.81. The molecule has 4 heteroatoms. The minimum Gasteiger partial charge on any atom is -0.354 e. The van der Waals surface area contributed by atoms with Crippen LogP contribution in [0.3, 0.4) is 0 Å². The van der Waals surface area contributed by atoms with Crippen LogP contribution in [-0.2, 0) is 4.79 Å². The lowest BCUT2D eigenvalue weighted by molar-refractivity contribution is -0.123. The largest absolute Gasteiger partial charge is 0.354 e. The lowest BCUT2D eigenvalue weighted by atomic mass is 10.0. The fourth-order valence-corrected chi connectivity index (χ4v) is 2.64. The van der Waals surface area contributed by atoms with Gasteiger partial charge >= 0.3 is 0 Å². The van der Waals surface area contributed by atoms with Crippen LogP contribution in [0.4, 0.5) is 0 Å². The molecule has 1 amide bonds. The SMILES string of the molecule is CN1CCC(CNC(=O)[C@@H]2CCCCN2)C1. The maximum Gasteiger partial charge on any atom is 0.237 e. The van der Waals surface area contributed by atoms with Gasteiger partial charge in [0.25, 0.3) is 0 Å². The number of rotatable bonds is 3. The third kappa shape index (κ3) is 3.19. The van der Waals surface area contributed by atoms with Crippen molar-refractivity contribution >= 4 is 5.91 Å². The van der Waals surface area contributed by atoms with E-state index in [2.05, 4.69) is 22.6 Å². The molecule has 16 heavy (non-hydrogen) atoms. The summed E-state index contributed by atoms with van der Waals surface area (Å²) in [4.78, 5) is 14.2. The standard InChI is InChI=1S/C12H23N3O/c1-15-7-5-10(9-15)8-14-12(16)11-4-2-3-6-13-11/h10-11,13H,2-9H2,1H3,(H,14,16)/t10?,11-/m0/s1. The zero-order valence-electron chi connectivity index (χ0n) is 10.2. The van der Waals surface area contributed by atoms with Gasteiger partial charge in [-0.15, -0.1) is 0 Å². The molecule has 2 atom stereocenters. The first-order valence-electron chi connectivity index (χ1n) is 6.45. The molecule has 92 valence electrons. The molecule has 2 fully saturated rings. The molecule has 0 bridgehead atoms. The van der Waals surface area contributed by atoms with Crippen molar-refractivity contribution in [2.24, 2.45) is 5.92 Å². The van der Waals surface area contributed by atoms with Crippen molar-refractivity contribution < 1.29 is 4.79 Å². The first kappa shape index (κ1) is 11.9. The number of carbonyl (C=O) groups is 1. The van der Waals surface area contributed by atoms with Gasteiger partial charge in [-0.1, -0.05) is 6.42 Å². The third-order valence-corrected chi connectivity index (χ3v) is 3.68. The van der Waals surface area contributed by atoms with E-state index in [4.69, 9.17) is 0 Å². The zero-order valence-corrected chi connectivity index (χ0v) is 10.2. The van der Waals surface area contributed by atoms with E-state index >= 15 is 0 Å². The number of carbonyl (C=O) groups excluding carboxylic acids is 1. The Morgan fingerprint density at radius 1 is 1.44 bits per heavy atom. The van der Waals surface area contributed by atoms with Crippen LogP contribution in [0.1, 0.15) is 25.7 Å².